The monoisotopic (exact) mass is 284 g/mol. The highest BCUT2D eigenvalue weighted by molar-refractivity contribution is 6.30. The molecule has 6 heteroatoms. The molecule has 0 spiro atoms. The van der Waals surface area contributed by atoms with E-state index in [0.717, 1.165) is 0 Å². The van der Waals surface area contributed by atoms with Crippen molar-refractivity contribution < 1.29 is 14.3 Å². The maximum atomic E-state index is 11.8. The normalized spacial score (nSPS) is 14.4. The van der Waals surface area contributed by atoms with Crippen LogP contribution in [-0.2, 0) is 15.1 Å². The fourth-order valence-corrected chi connectivity index (χ4v) is 1.76. The summed E-state index contributed by atoms with van der Waals surface area (Å²) in [6, 6.07) is 3.26. The zero-order chi connectivity index (χ0) is 14.7. The first-order valence-corrected chi connectivity index (χ1v) is 6.14. The zero-order valence-electron chi connectivity index (χ0n) is 11.4. The third-order valence-corrected chi connectivity index (χ3v) is 2.62. The second kappa shape index (κ2) is 5.57. The number of ether oxygens (including phenoxy) is 1. The Kier molecular flexibility index (Phi) is 4.52. The standard InChI is InChI=1S/C13H17ClN2O3/c1-12(2,3)19-11(18)16-13(4,8-17)9-6-5-7-15-10(9)14/h5-8H,1-4H3,(H,16,18). The summed E-state index contributed by atoms with van der Waals surface area (Å²) in [4.78, 5) is 27.0. The van der Waals surface area contributed by atoms with E-state index in [1.807, 2.05) is 0 Å². The highest BCUT2D eigenvalue weighted by Gasteiger charge is 2.32. The van der Waals surface area contributed by atoms with Crippen molar-refractivity contribution in [3.63, 3.8) is 0 Å². The number of rotatable bonds is 3. The minimum absolute atomic E-state index is 0.160. The van der Waals surface area contributed by atoms with Crippen LogP contribution in [0.3, 0.4) is 0 Å². The van der Waals surface area contributed by atoms with Gasteiger partial charge in [0.15, 0.2) is 0 Å². The van der Waals surface area contributed by atoms with Crippen LogP contribution in [0.4, 0.5) is 4.79 Å². The Bertz CT molecular complexity index is 485. The van der Waals surface area contributed by atoms with Crippen molar-refractivity contribution in [2.24, 2.45) is 0 Å². The molecule has 0 radical (unpaired) electrons. The number of nitrogens with zero attached hydrogens (tertiary/aromatic N) is 1. The molecule has 1 heterocycles. The van der Waals surface area contributed by atoms with Crippen molar-refractivity contribution in [2.75, 3.05) is 0 Å². The van der Waals surface area contributed by atoms with Crippen molar-refractivity contribution in [1.29, 1.82) is 0 Å². The van der Waals surface area contributed by atoms with E-state index in [4.69, 9.17) is 16.3 Å². The molecule has 0 aliphatic heterocycles. The fourth-order valence-electron chi connectivity index (χ4n) is 1.45. The second-order valence-corrected chi connectivity index (χ2v) is 5.65. The molecule has 1 aromatic heterocycles. The third kappa shape index (κ3) is 4.21. The van der Waals surface area contributed by atoms with Gasteiger partial charge in [-0.25, -0.2) is 9.78 Å². The molecule has 0 aliphatic carbocycles. The molecule has 1 aromatic rings. The second-order valence-electron chi connectivity index (χ2n) is 5.29. The van der Waals surface area contributed by atoms with Gasteiger partial charge in [-0.1, -0.05) is 17.7 Å². The number of hydrogen-bond donors (Lipinski definition) is 1. The number of alkyl carbamates (subject to hydrolysis) is 1. The van der Waals surface area contributed by atoms with Gasteiger partial charge in [-0.15, -0.1) is 0 Å². The Hall–Kier alpha value is -1.62. The van der Waals surface area contributed by atoms with Gasteiger partial charge in [0.25, 0.3) is 0 Å². The molecule has 0 fully saturated rings. The maximum absolute atomic E-state index is 11.8. The van der Waals surface area contributed by atoms with E-state index in [1.165, 1.54) is 13.1 Å². The van der Waals surface area contributed by atoms with Crippen molar-refractivity contribution in [3.8, 4) is 0 Å². The number of carbonyl (C=O) groups excluding carboxylic acids is 2. The molecule has 1 atom stereocenters. The Balaban J connectivity index is 2.97. The lowest BCUT2D eigenvalue weighted by molar-refractivity contribution is -0.113. The minimum atomic E-state index is -1.28. The number of aldehydes is 1. The predicted octanol–water partition coefficient (Wildman–Crippen LogP) is 2.67. The first-order valence-electron chi connectivity index (χ1n) is 5.76. The Morgan fingerprint density at radius 3 is 2.53 bits per heavy atom. The highest BCUT2D eigenvalue weighted by Crippen LogP contribution is 2.25. The van der Waals surface area contributed by atoms with Crippen LogP contribution in [0, 0.1) is 0 Å². The largest absolute Gasteiger partial charge is 0.444 e. The van der Waals surface area contributed by atoms with E-state index in [1.54, 1.807) is 32.9 Å². The summed E-state index contributed by atoms with van der Waals surface area (Å²) >= 11 is 5.94. The summed E-state index contributed by atoms with van der Waals surface area (Å²) in [7, 11) is 0. The number of aromatic nitrogens is 1. The summed E-state index contributed by atoms with van der Waals surface area (Å²) in [5.41, 5.74) is -1.52. The van der Waals surface area contributed by atoms with Gasteiger partial charge in [0, 0.05) is 11.8 Å². The van der Waals surface area contributed by atoms with E-state index in [2.05, 4.69) is 10.3 Å². The van der Waals surface area contributed by atoms with E-state index in [0.29, 0.717) is 11.8 Å². The van der Waals surface area contributed by atoms with Gasteiger partial charge in [-0.2, -0.15) is 0 Å². The van der Waals surface area contributed by atoms with Crippen molar-refractivity contribution in [1.82, 2.24) is 10.3 Å². The van der Waals surface area contributed by atoms with Gasteiger partial charge in [0.1, 0.15) is 22.6 Å². The van der Waals surface area contributed by atoms with Crippen molar-refractivity contribution in [3.05, 3.63) is 29.0 Å². The molecule has 0 saturated carbocycles. The Morgan fingerprint density at radius 2 is 2.05 bits per heavy atom. The van der Waals surface area contributed by atoms with Gasteiger partial charge in [-0.05, 0) is 33.8 Å². The van der Waals surface area contributed by atoms with Crippen molar-refractivity contribution >= 4 is 24.0 Å². The maximum Gasteiger partial charge on any atom is 0.408 e. The average Bonchev–Trinajstić information content (AvgIpc) is 2.26. The number of pyridine rings is 1. The molecule has 1 amide bonds. The number of nitrogens with one attached hydrogen (secondary N) is 1. The van der Waals surface area contributed by atoms with Gasteiger partial charge in [0.2, 0.25) is 0 Å². The number of halogens is 1. The van der Waals surface area contributed by atoms with Crippen LogP contribution in [0.1, 0.15) is 33.3 Å². The summed E-state index contributed by atoms with van der Waals surface area (Å²) in [6.45, 7) is 6.75. The molecule has 0 saturated heterocycles. The van der Waals surface area contributed by atoms with Gasteiger partial charge >= 0.3 is 6.09 Å². The van der Waals surface area contributed by atoms with E-state index in [9.17, 15) is 9.59 Å². The van der Waals surface area contributed by atoms with Crippen LogP contribution in [0.15, 0.2) is 18.3 Å². The number of amides is 1. The van der Waals surface area contributed by atoms with Gasteiger partial charge in [0.05, 0.1) is 0 Å². The predicted molar refractivity (Wildman–Crippen MR) is 72.0 cm³/mol. The van der Waals surface area contributed by atoms with Crippen LogP contribution < -0.4 is 5.32 Å². The molecule has 1 rings (SSSR count). The Morgan fingerprint density at radius 1 is 1.42 bits per heavy atom. The topological polar surface area (TPSA) is 68.3 Å². The molecule has 1 unspecified atom stereocenters. The van der Waals surface area contributed by atoms with Gasteiger partial charge < -0.3 is 14.8 Å². The molecule has 19 heavy (non-hydrogen) atoms. The first-order chi connectivity index (χ1) is 8.68. The number of hydrogen-bond acceptors (Lipinski definition) is 4. The lowest BCUT2D eigenvalue weighted by atomic mass is 9.95. The highest BCUT2D eigenvalue weighted by atomic mass is 35.5. The molecule has 0 aromatic carbocycles. The smallest absolute Gasteiger partial charge is 0.408 e. The van der Waals surface area contributed by atoms with Crippen LogP contribution in [0.25, 0.3) is 0 Å². The summed E-state index contributed by atoms with van der Waals surface area (Å²) in [5, 5.41) is 2.66. The lowest BCUT2D eigenvalue weighted by Gasteiger charge is -2.28. The van der Waals surface area contributed by atoms with Crippen molar-refractivity contribution in [2.45, 2.75) is 38.8 Å². The van der Waals surface area contributed by atoms with Gasteiger partial charge in [-0.3, -0.25) is 0 Å². The molecule has 0 bridgehead atoms. The van der Waals surface area contributed by atoms with E-state index in [-0.39, 0.29) is 5.15 Å². The lowest BCUT2D eigenvalue weighted by Crippen LogP contribution is -2.47. The molecule has 1 N–H and O–H groups in total. The molecular formula is C13H17ClN2O3. The van der Waals surface area contributed by atoms with E-state index >= 15 is 0 Å². The zero-order valence-corrected chi connectivity index (χ0v) is 12.1. The number of carbonyl (C=O) groups is 2. The van der Waals surface area contributed by atoms with Crippen LogP contribution in [-0.4, -0.2) is 23.0 Å². The quantitative estimate of drug-likeness (QED) is 0.684. The molecule has 0 aliphatic rings. The SMILES string of the molecule is CC(C)(C)OC(=O)NC(C)(C=O)c1cccnc1Cl. The summed E-state index contributed by atoms with van der Waals surface area (Å²) < 4.78 is 5.12. The fraction of sp³-hybridized carbons (Fsp3) is 0.462. The first kappa shape index (κ1) is 15.4. The molecular weight excluding hydrogens is 268 g/mol. The third-order valence-electron chi connectivity index (χ3n) is 2.31. The van der Waals surface area contributed by atoms with E-state index < -0.39 is 17.2 Å². The Labute approximate surface area is 117 Å². The summed E-state index contributed by atoms with van der Waals surface area (Å²) in [6.07, 6.45) is 1.41. The van der Waals surface area contributed by atoms with Crippen LogP contribution in [0.2, 0.25) is 5.15 Å². The minimum Gasteiger partial charge on any atom is -0.444 e. The van der Waals surface area contributed by atoms with Crippen LogP contribution >= 0.6 is 11.6 Å². The summed E-state index contributed by atoms with van der Waals surface area (Å²) in [5.74, 6) is 0. The molecule has 104 valence electrons. The average molecular weight is 285 g/mol. The van der Waals surface area contributed by atoms with Crippen LogP contribution in [0.5, 0.6) is 0 Å². The molecule has 5 nitrogen and oxygen atoms in total.